The Bertz CT molecular complexity index is 928. The van der Waals surface area contributed by atoms with E-state index < -0.39 is 0 Å². The lowest BCUT2D eigenvalue weighted by Gasteiger charge is -2.09. The first-order chi connectivity index (χ1) is 13.1. The van der Waals surface area contributed by atoms with E-state index in [0.717, 1.165) is 15.7 Å². The highest BCUT2D eigenvalue weighted by Crippen LogP contribution is 2.27. The Hall–Kier alpha value is -2.51. The number of rotatable bonds is 7. The third-order valence-corrected chi connectivity index (χ3v) is 5.31. The number of anilines is 1. The third-order valence-electron chi connectivity index (χ3n) is 3.93. The summed E-state index contributed by atoms with van der Waals surface area (Å²) < 4.78 is 6.97. The number of benzene rings is 2. The van der Waals surface area contributed by atoms with Crippen molar-refractivity contribution >= 4 is 35.2 Å². The molecule has 1 aromatic heterocycles. The zero-order chi connectivity index (χ0) is 19.2. The van der Waals surface area contributed by atoms with Crippen LogP contribution in [0.3, 0.4) is 0 Å². The molecule has 0 unspecified atom stereocenters. The van der Waals surface area contributed by atoms with Gasteiger partial charge in [-0.3, -0.25) is 14.7 Å². The number of hydrogen-bond donors (Lipinski definition) is 1. The molecule has 0 radical (unpaired) electrons. The lowest BCUT2D eigenvalue weighted by Crippen LogP contribution is -2.16. The minimum atomic E-state index is -0.248. The van der Waals surface area contributed by atoms with E-state index in [1.807, 2.05) is 35.8 Å². The standard InChI is InChI=1S/C19H19ClN4O2S/c1-3-24-18(21-17(25)13-8-10-15(26-2)11-9-13)22-23-19(24)27-12-14-6-4-5-7-16(14)20/h4-11H,3,12H2,1-2H3,(H,21,22,25). The highest BCUT2D eigenvalue weighted by molar-refractivity contribution is 7.98. The fraction of sp³-hybridized carbons (Fsp3) is 0.211. The quantitative estimate of drug-likeness (QED) is 0.589. The Labute approximate surface area is 166 Å². The van der Waals surface area contributed by atoms with E-state index in [4.69, 9.17) is 16.3 Å². The number of amides is 1. The summed E-state index contributed by atoms with van der Waals surface area (Å²) in [5.41, 5.74) is 1.55. The molecule has 6 nitrogen and oxygen atoms in total. The first kappa shape index (κ1) is 19.3. The number of carbonyl (C=O) groups is 1. The van der Waals surface area contributed by atoms with Crippen molar-refractivity contribution in [3.8, 4) is 5.75 Å². The van der Waals surface area contributed by atoms with Gasteiger partial charge in [-0.2, -0.15) is 0 Å². The topological polar surface area (TPSA) is 69.0 Å². The molecule has 0 fully saturated rings. The van der Waals surface area contributed by atoms with Crippen LogP contribution in [0.2, 0.25) is 5.02 Å². The molecule has 3 aromatic rings. The minimum absolute atomic E-state index is 0.248. The van der Waals surface area contributed by atoms with Crippen LogP contribution in [0, 0.1) is 0 Å². The van der Waals surface area contributed by atoms with Crippen LogP contribution >= 0.6 is 23.4 Å². The summed E-state index contributed by atoms with van der Waals surface area (Å²) in [5, 5.41) is 12.6. The fourth-order valence-corrected chi connectivity index (χ4v) is 3.73. The normalized spacial score (nSPS) is 10.6. The second kappa shape index (κ2) is 8.92. The maximum atomic E-state index is 12.5. The molecule has 1 heterocycles. The van der Waals surface area contributed by atoms with Gasteiger partial charge in [0.15, 0.2) is 5.16 Å². The van der Waals surface area contributed by atoms with E-state index >= 15 is 0 Å². The number of methoxy groups -OCH3 is 1. The lowest BCUT2D eigenvalue weighted by atomic mass is 10.2. The molecule has 0 atom stereocenters. The molecule has 0 saturated carbocycles. The van der Waals surface area contributed by atoms with E-state index in [9.17, 15) is 4.79 Å². The van der Waals surface area contributed by atoms with Gasteiger partial charge < -0.3 is 4.74 Å². The van der Waals surface area contributed by atoms with Crippen LogP contribution in [0.5, 0.6) is 5.75 Å². The molecule has 140 valence electrons. The highest BCUT2D eigenvalue weighted by atomic mass is 35.5. The number of nitrogens with zero attached hydrogens (tertiary/aromatic N) is 3. The van der Waals surface area contributed by atoms with Gasteiger partial charge in [-0.25, -0.2) is 0 Å². The highest BCUT2D eigenvalue weighted by Gasteiger charge is 2.15. The monoisotopic (exact) mass is 402 g/mol. The zero-order valence-electron chi connectivity index (χ0n) is 15.0. The van der Waals surface area contributed by atoms with Crippen LogP contribution in [0.15, 0.2) is 53.7 Å². The Morgan fingerprint density at radius 3 is 2.59 bits per heavy atom. The molecular weight excluding hydrogens is 384 g/mol. The zero-order valence-corrected chi connectivity index (χ0v) is 16.5. The average Bonchev–Trinajstić information content (AvgIpc) is 3.08. The van der Waals surface area contributed by atoms with E-state index in [1.165, 1.54) is 11.8 Å². The molecular formula is C19H19ClN4O2S. The van der Waals surface area contributed by atoms with Gasteiger partial charge in [0.1, 0.15) is 5.75 Å². The van der Waals surface area contributed by atoms with Crippen LogP contribution in [-0.4, -0.2) is 27.8 Å². The summed E-state index contributed by atoms with van der Waals surface area (Å²) in [6.07, 6.45) is 0. The van der Waals surface area contributed by atoms with E-state index in [2.05, 4.69) is 15.5 Å². The summed E-state index contributed by atoms with van der Waals surface area (Å²) in [5.74, 6) is 1.54. The van der Waals surface area contributed by atoms with Crippen molar-refractivity contribution in [3.05, 3.63) is 64.7 Å². The summed E-state index contributed by atoms with van der Waals surface area (Å²) in [6, 6.07) is 14.6. The molecule has 1 amide bonds. The smallest absolute Gasteiger partial charge is 0.258 e. The van der Waals surface area contributed by atoms with Crippen molar-refractivity contribution < 1.29 is 9.53 Å². The Morgan fingerprint density at radius 2 is 1.93 bits per heavy atom. The first-order valence-corrected chi connectivity index (χ1v) is 9.73. The van der Waals surface area contributed by atoms with Crippen LogP contribution in [-0.2, 0) is 12.3 Å². The van der Waals surface area contributed by atoms with Gasteiger partial charge in [0.25, 0.3) is 5.91 Å². The van der Waals surface area contributed by atoms with Gasteiger partial charge in [-0.1, -0.05) is 41.6 Å². The predicted molar refractivity (Wildman–Crippen MR) is 108 cm³/mol. The van der Waals surface area contributed by atoms with Crippen molar-refractivity contribution in [3.63, 3.8) is 0 Å². The largest absolute Gasteiger partial charge is 0.497 e. The average molecular weight is 403 g/mol. The van der Waals surface area contributed by atoms with E-state index in [1.54, 1.807) is 31.4 Å². The number of ether oxygens (including phenoxy) is 1. The molecule has 0 aliphatic rings. The molecule has 0 bridgehead atoms. The van der Waals surface area contributed by atoms with Crippen molar-refractivity contribution in [1.82, 2.24) is 14.8 Å². The van der Waals surface area contributed by atoms with E-state index in [-0.39, 0.29) is 5.91 Å². The predicted octanol–water partition coefficient (Wildman–Crippen LogP) is 4.50. The van der Waals surface area contributed by atoms with Crippen molar-refractivity contribution in [1.29, 1.82) is 0 Å². The SMILES string of the molecule is CCn1c(NC(=O)c2ccc(OC)cc2)nnc1SCc1ccccc1Cl. The lowest BCUT2D eigenvalue weighted by molar-refractivity contribution is 0.102. The minimum Gasteiger partial charge on any atom is -0.497 e. The Morgan fingerprint density at radius 1 is 1.19 bits per heavy atom. The van der Waals surface area contributed by atoms with Gasteiger partial charge in [0, 0.05) is 22.9 Å². The number of thioether (sulfide) groups is 1. The first-order valence-electron chi connectivity index (χ1n) is 8.37. The molecule has 2 aromatic carbocycles. The summed E-state index contributed by atoms with van der Waals surface area (Å²) >= 11 is 7.73. The molecule has 3 rings (SSSR count). The second-order valence-electron chi connectivity index (χ2n) is 5.61. The molecule has 0 aliphatic heterocycles. The number of hydrogen-bond acceptors (Lipinski definition) is 5. The molecule has 1 N–H and O–H groups in total. The van der Waals surface area contributed by atoms with Gasteiger partial charge in [-0.05, 0) is 42.8 Å². The number of aromatic nitrogens is 3. The summed E-state index contributed by atoms with van der Waals surface area (Å²) in [7, 11) is 1.58. The van der Waals surface area contributed by atoms with Crippen molar-refractivity contribution in [2.45, 2.75) is 24.4 Å². The molecule has 8 heteroatoms. The van der Waals surface area contributed by atoms with Crippen LogP contribution in [0.4, 0.5) is 5.95 Å². The summed E-state index contributed by atoms with van der Waals surface area (Å²) in [4.78, 5) is 12.5. The van der Waals surface area contributed by atoms with Crippen LogP contribution in [0.1, 0.15) is 22.8 Å². The third kappa shape index (κ3) is 4.61. The second-order valence-corrected chi connectivity index (χ2v) is 6.96. The Balaban J connectivity index is 1.71. The van der Waals surface area contributed by atoms with Gasteiger partial charge in [0.05, 0.1) is 7.11 Å². The maximum Gasteiger partial charge on any atom is 0.258 e. The molecule has 0 saturated heterocycles. The molecule has 27 heavy (non-hydrogen) atoms. The number of halogens is 1. The van der Waals surface area contributed by atoms with Gasteiger partial charge >= 0.3 is 0 Å². The van der Waals surface area contributed by atoms with Crippen LogP contribution in [0.25, 0.3) is 0 Å². The number of nitrogens with one attached hydrogen (secondary N) is 1. The van der Waals surface area contributed by atoms with Crippen molar-refractivity contribution in [2.75, 3.05) is 12.4 Å². The summed E-state index contributed by atoms with van der Waals surface area (Å²) in [6.45, 7) is 2.61. The molecule has 0 aliphatic carbocycles. The Kier molecular flexibility index (Phi) is 6.36. The van der Waals surface area contributed by atoms with Crippen molar-refractivity contribution in [2.24, 2.45) is 0 Å². The fourth-order valence-electron chi connectivity index (χ4n) is 2.45. The van der Waals surface area contributed by atoms with Gasteiger partial charge in [0.2, 0.25) is 5.95 Å². The molecule has 0 spiro atoms. The van der Waals surface area contributed by atoms with Crippen LogP contribution < -0.4 is 10.1 Å². The number of carbonyl (C=O) groups excluding carboxylic acids is 1. The van der Waals surface area contributed by atoms with Gasteiger partial charge in [-0.15, -0.1) is 10.2 Å². The maximum absolute atomic E-state index is 12.5. The van der Waals surface area contributed by atoms with E-state index in [0.29, 0.717) is 29.6 Å².